The monoisotopic (exact) mass is 283 g/mol. The maximum atomic E-state index is 12.2. The Balaban J connectivity index is 1.76. The number of carboxylic acid groups (broad SMARTS) is 1. The molecule has 1 unspecified atom stereocenters. The molecule has 1 N–H and O–H groups in total. The van der Waals surface area contributed by atoms with Crippen LogP contribution in [0.2, 0.25) is 0 Å². The van der Waals surface area contributed by atoms with Gasteiger partial charge in [0.25, 0.3) is 0 Å². The summed E-state index contributed by atoms with van der Waals surface area (Å²) >= 11 is 0. The second kappa shape index (κ2) is 6.54. The van der Waals surface area contributed by atoms with Gasteiger partial charge in [-0.3, -0.25) is 19.4 Å². The Kier molecular flexibility index (Phi) is 4.99. The van der Waals surface area contributed by atoms with Crippen LogP contribution in [0.15, 0.2) is 0 Å². The van der Waals surface area contributed by atoms with E-state index in [0.29, 0.717) is 12.6 Å². The molecular formula is C14H25N3O3. The molecule has 6 heteroatoms. The van der Waals surface area contributed by atoms with Gasteiger partial charge in [0, 0.05) is 38.8 Å². The summed E-state index contributed by atoms with van der Waals surface area (Å²) in [6, 6.07) is 0.0345. The number of piperazine rings is 1. The van der Waals surface area contributed by atoms with E-state index in [1.807, 2.05) is 16.7 Å². The Hall–Kier alpha value is -1.14. The average molecular weight is 283 g/mol. The summed E-state index contributed by atoms with van der Waals surface area (Å²) in [5, 5.41) is 9.00. The van der Waals surface area contributed by atoms with Crippen molar-refractivity contribution >= 4 is 11.9 Å². The summed E-state index contributed by atoms with van der Waals surface area (Å²) in [5.74, 6) is -0.560. The first kappa shape index (κ1) is 15.3. The van der Waals surface area contributed by atoms with Crippen LogP contribution in [-0.4, -0.2) is 83.0 Å². The molecule has 6 nitrogen and oxygen atoms in total. The van der Waals surface area contributed by atoms with Crippen LogP contribution in [0.3, 0.4) is 0 Å². The first-order chi connectivity index (χ1) is 9.52. The van der Waals surface area contributed by atoms with Crippen molar-refractivity contribution in [1.82, 2.24) is 14.7 Å². The number of hydrogen-bond acceptors (Lipinski definition) is 4. The minimum atomic E-state index is -0.777. The number of hydrogen-bond donors (Lipinski definition) is 1. The van der Waals surface area contributed by atoms with Gasteiger partial charge in [0.2, 0.25) is 5.91 Å². The lowest BCUT2D eigenvalue weighted by Crippen LogP contribution is -2.53. The highest BCUT2D eigenvalue weighted by Gasteiger charge is 2.32. The second-order valence-corrected chi connectivity index (χ2v) is 5.74. The molecule has 2 aliphatic rings. The molecule has 20 heavy (non-hydrogen) atoms. The fourth-order valence-electron chi connectivity index (χ4n) is 2.77. The van der Waals surface area contributed by atoms with Gasteiger partial charge >= 0.3 is 5.97 Å². The predicted molar refractivity (Wildman–Crippen MR) is 75.5 cm³/mol. The largest absolute Gasteiger partial charge is 0.480 e. The third kappa shape index (κ3) is 3.70. The van der Waals surface area contributed by atoms with E-state index in [2.05, 4.69) is 4.90 Å². The quantitative estimate of drug-likeness (QED) is 0.748. The van der Waals surface area contributed by atoms with E-state index in [1.54, 1.807) is 6.92 Å². The van der Waals surface area contributed by atoms with Crippen LogP contribution in [-0.2, 0) is 9.59 Å². The third-order valence-corrected chi connectivity index (χ3v) is 4.32. The fraction of sp³-hybridized carbons (Fsp3) is 0.857. The molecule has 2 fully saturated rings. The molecule has 0 radical (unpaired) electrons. The second-order valence-electron chi connectivity index (χ2n) is 5.74. The lowest BCUT2D eigenvalue weighted by atomic mass is 10.2. The van der Waals surface area contributed by atoms with Gasteiger partial charge in [-0.1, -0.05) is 0 Å². The number of carbonyl (C=O) groups excluding carboxylic acids is 1. The van der Waals surface area contributed by atoms with Gasteiger partial charge in [-0.2, -0.15) is 0 Å². The molecule has 0 aromatic rings. The van der Waals surface area contributed by atoms with Crippen molar-refractivity contribution < 1.29 is 14.7 Å². The first-order valence-electron chi connectivity index (χ1n) is 7.51. The summed E-state index contributed by atoms with van der Waals surface area (Å²) in [5.41, 5.74) is 0. The van der Waals surface area contributed by atoms with E-state index in [4.69, 9.17) is 5.11 Å². The molecule has 1 aliphatic heterocycles. The van der Waals surface area contributed by atoms with Gasteiger partial charge in [0.15, 0.2) is 0 Å². The van der Waals surface area contributed by atoms with Gasteiger partial charge in [-0.05, 0) is 26.7 Å². The van der Waals surface area contributed by atoms with Crippen molar-refractivity contribution in [3.63, 3.8) is 0 Å². The van der Waals surface area contributed by atoms with E-state index < -0.39 is 12.0 Å². The lowest BCUT2D eigenvalue weighted by Gasteiger charge is -2.37. The Morgan fingerprint density at radius 2 is 1.85 bits per heavy atom. The van der Waals surface area contributed by atoms with Gasteiger partial charge < -0.3 is 10.0 Å². The van der Waals surface area contributed by atoms with Gasteiger partial charge in [-0.15, -0.1) is 0 Å². The van der Waals surface area contributed by atoms with Gasteiger partial charge in [-0.25, -0.2) is 0 Å². The molecule has 1 amide bonds. The molecule has 0 bridgehead atoms. The Morgan fingerprint density at radius 3 is 2.30 bits per heavy atom. The third-order valence-electron chi connectivity index (χ3n) is 4.32. The molecule has 1 heterocycles. The minimum absolute atomic E-state index is 0.217. The first-order valence-corrected chi connectivity index (χ1v) is 7.51. The van der Waals surface area contributed by atoms with E-state index in [9.17, 15) is 9.59 Å². The summed E-state index contributed by atoms with van der Waals surface area (Å²) in [6.45, 7) is 7.99. The molecule has 0 aromatic heterocycles. The van der Waals surface area contributed by atoms with Crippen molar-refractivity contribution in [3.8, 4) is 0 Å². The van der Waals surface area contributed by atoms with Crippen molar-refractivity contribution in [1.29, 1.82) is 0 Å². The number of likely N-dealkylation sites (N-methyl/N-ethyl adjacent to an activating group) is 1. The minimum Gasteiger partial charge on any atom is -0.480 e. The normalized spacial score (nSPS) is 22.5. The average Bonchev–Trinajstić information content (AvgIpc) is 3.24. The Morgan fingerprint density at radius 1 is 1.25 bits per heavy atom. The number of carbonyl (C=O) groups is 2. The smallest absolute Gasteiger partial charge is 0.320 e. The highest BCUT2D eigenvalue weighted by Crippen LogP contribution is 2.26. The zero-order valence-corrected chi connectivity index (χ0v) is 12.4. The van der Waals surface area contributed by atoms with Crippen LogP contribution in [0.25, 0.3) is 0 Å². The number of nitrogens with zero attached hydrogens (tertiary/aromatic N) is 3. The SMILES string of the molecule is CCN(C(=O)CN1CCN(C(C)C(=O)O)CC1)C1CC1. The molecule has 2 rings (SSSR count). The van der Waals surface area contributed by atoms with Crippen LogP contribution in [0.5, 0.6) is 0 Å². The molecule has 0 spiro atoms. The lowest BCUT2D eigenvalue weighted by molar-refractivity contribution is -0.144. The van der Waals surface area contributed by atoms with Gasteiger partial charge in [0.05, 0.1) is 6.54 Å². The number of carboxylic acids is 1. The van der Waals surface area contributed by atoms with Crippen LogP contribution in [0, 0.1) is 0 Å². The van der Waals surface area contributed by atoms with Crippen LogP contribution >= 0.6 is 0 Å². The fourth-order valence-corrected chi connectivity index (χ4v) is 2.77. The van der Waals surface area contributed by atoms with Crippen molar-refractivity contribution in [2.45, 2.75) is 38.8 Å². The van der Waals surface area contributed by atoms with Crippen molar-refractivity contribution in [2.75, 3.05) is 39.3 Å². The zero-order chi connectivity index (χ0) is 14.7. The van der Waals surface area contributed by atoms with Crippen LogP contribution in [0.1, 0.15) is 26.7 Å². The zero-order valence-electron chi connectivity index (χ0n) is 12.4. The standard InChI is InChI=1S/C14H25N3O3/c1-3-17(12-4-5-12)13(18)10-15-6-8-16(9-7-15)11(2)14(19)20/h11-12H,3-10H2,1-2H3,(H,19,20). The molecule has 0 aromatic carbocycles. The number of amides is 1. The molecule has 1 aliphatic carbocycles. The summed E-state index contributed by atoms with van der Waals surface area (Å²) in [4.78, 5) is 29.3. The highest BCUT2D eigenvalue weighted by atomic mass is 16.4. The van der Waals surface area contributed by atoms with E-state index >= 15 is 0 Å². The highest BCUT2D eigenvalue weighted by molar-refractivity contribution is 5.79. The molecule has 114 valence electrons. The Labute approximate surface area is 120 Å². The summed E-state index contributed by atoms with van der Waals surface area (Å²) < 4.78 is 0. The van der Waals surface area contributed by atoms with E-state index in [1.165, 1.54) is 0 Å². The maximum absolute atomic E-state index is 12.2. The van der Waals surface area contributed by atoms with Crippen molar-refractivity contribution in [3.05, 3.63) is 0 Å². The van der Waals surface area contributed by atoms with E-state index in [-0.39, 0.29) is 5.91 Å². The molecular weight excluding hydrogens is 258 g/mol. The van der Waals surface area contributed by atoms with Crippen molar-refractivity contribution in [2.24, 2.45) is 0 Å². The number of aliphatic carboxylic acids is 1. The predicted octanol–water partition coefficient (Wildman–Crippen LogP) is 0.0880. The van der Waals surface area contributed by atoms with Crippen LogP contribution in [0.4, 0.5) is 0 Å². The van der Waals surface area contributed by atoms with Gasteiger partial charge in [0.1, 0.15) is 6.04 Å². The molecule has 1 saturated heterocycles. The molecule has 1 saturated carbocycles. The molecule has 1 atom stereocenters. The van der Waals surface area contributed by atoms with Crippen LogP contribution < -0.4 is 0 Å². The Bertz CT molecular complexity index is 363. The number of rotatable bonds is 6. The topological polar surface area (TPSA) is 64.1 Å². The maximum Gasteiger partial charge on any atom is 0.320 e. The van der Waals surface area contributed by atoms with E-state index in [0.717, 1.165) is 45.6 Å². The summed E-state index contributed by atoms with van der Waals surface area (Å²) in [6.07, 6.45) is 2.28. The summed E-state index contributed by atoms with van der Waals surface area (Å²) in [7, 11) is 0.